The molecule has 1 aromatic heterocycles. The van der Waals surface area contributed by atoms with E-state index in [2.05, 4.69) is 45.0 Å². The number of nitrogens with zero attached hydrogens (tertiary/aromatic N) is 1. The Morgan fingerprint density at radius 1 is 1.31 bits per heavy atom. The van der Waals surface area contributed by atoms with Gasteiger partial charge in [0.1, 0.15) is 9.52 Å². The van der Waals surface area contributed by atoms with Gasteiger partial charge in [0.2, 0.25) is 0 Å². The van der Waals surface area contributed by atoms with Crippen molar-refractivity contribution in [3.05, 3.63) is 21.4 Å². The van der Waals surface area contributed by atoms with Gasteiger partial charge in [0.15, 0.2) is 0 Å². The molecule has 2 nitrogen and oxygen atoms in total. The minimum absolute atomic E-state index is 0.526. The average molecular weight is 286 g/mol. The fraction of sp³-hybridized carbons (Fsp3) is 0.500. The van der Waals surface area contributed by atoms with E-state index in [1.165, 1.54) is 24.8 Å². The Morgan fingerprint density at radius 3 is 2.92 bits per heavy atom. The van der Waals surface area contributed by atoms with Crippen molar-refractivity contribution in [2.45, 2.75) is 24.7 Å². The predicted octanol–water partition coefficient (Wildman–Crippen LogP) is 2.53. The number of nitrogens with one attached hydrogen (secondary N) is 1. The zero-order valence-electron chi connectivity index (χ0n) is 7.31. The van der Waals surface area contributed by atoms with Gasteiger partial charge in [0.05, 0.1) is 0 Å². The number of halogens is 1. The summed E-state index contributed by atoms with van der Waals surface area (Å²) in [7, 11) is 0. The van der Waals surface area contributed by atoms with Crippen LogP contribution in [-0.2, 0) is 5.41 Å². The topological polar surface area (TPSA) is 24.9 Å². The summed E-state index contributed by atoms with van der Waals surface area (Å²) < 4.78 is 1.08. The van der Waals surface area contributed by atoms with Gasteiger partial charge in [-0.05, 0) is 47.9 Å². The summed E-state index contributed by atoms with van der Waals surface area (Å²) in [6, 6.07) is 4.37. The lowest BCUT2D eigenvalue weighted by Crippen LogP contribution is -2.23. The molecular weight excluding hydrogens is 275 g/mol. The number of fused-ring (bicyclic) bond motifs is 2. The van der Waals surface area contributed by atoms with E-state index in [9.17, 15) is 0 Å². The quantitative estimate of drug-likeness (QED) is 0.585. The number of hydrogen-bond acceptors (Lipinski definition) is 2. The number of anilines is 1. The highest BCUT2D eigenvalue weighted by atomic mass is 127. The first-order valence-electron chi connectivity index (χ1n) is 4.71. The first kappa shape index (κ1) is 8.03. The summed E-state index contributed by atoms with van der Waals surface area (Å²) >= 11 is 2.27. The van der Waals surface area contributed by atoms with Crippen molar-refractivity contribution in [1.82, 2.24) is 4.98 Å². The van der Waals surface area contributed by atoms with Crippen LogP contribution in [0.5, 0.6) is 0 Å². The summed E-state index contributed by atoms with van der Waals surface area (Å²) in [5.41, 5.74) is 1.98. The number of aromatic nitrogens is 1. The average Bonchev–Trinajstić information content (AvgIpc) is 2.86. The van der Waals surface area contributed by atoms with Gasteiger partial charge in [-0.15, -0.1) is 0 Å². The van der Waals surface area contributed by atoms with Gasteiger partial charge >= 0.3 is 0 Å². The maximum absolute atomic E-state index is 4.52. The molecule has 0 saturated heterocycles. The molecule has 0 bridgehead atoms. The lowest BCUT2D eigenvalue weighted by molar-refractivity contribution is 0.616. The van der Waals surface area contributed by atoms with Gasteiger partial charge in [0, 0.05) is 17.5 Å². The van der Waals surface area contributed by atoms with E-state index in [1.54, 1.807) is 0 Å². The Hall–Kier alpha value is -0.320. The Kier molecular flexibility index (Phi) is 1.60. The molecule has 0 unspecified atom stereocenters. The maximum atomic E-state index is 4.52. The van der Waals surface area contributed by atoms with E-state index in [1.807, 2.05) is 0 Å². The van der Waals surface area contributed by atoms with E-state index in [-0.39, 0.29) is 0 Å². The Labute approximate surface area is 91.3 Å². The van der Waals surface area contributed by atoms with Crippen LogP contribution in [0.3, 0.4) is 0 Å². The molecule has 13 heavy (non-hydrogen) atoms. The summed E-state index contributed by atoms with van der Waals surface area (Å²) in [6.45, 7) is 1.10. The second kappa shape index (κ2) is 2.59. The molecule has 2 heterocycles. The van der Waals surface area contributed by atoms with Crippen LogP contribution < -0.4 is 5.32 Å². The molecule has 1 spiro atoms. The molecule has 1 aromatic rings. The highest BCUT2D eigenvalue weighted by Crippen LogP contribution is 2.54. The first-order chi connectivity index (χ1) is 6.30. The van der Waals surface area contributed by atoms with Crippen molar-refractivity contribution in [3.8, 4) is 0 Å². The van der Waals surface area contributed by atoms with Gasteiger partial charge in [-0.3, -0.25) is 0 Å². The van der Waals surface area contributed by atoms with Crippen molar-refractivity contribution >= 4 is 28.4 Å². The van der Waals surface area contributed by atoms with Gasteiger partial charge in [-0.2, -0.15) is 0 Å². The molecule has 0 amide bonds. The van der Waals surface area contributed by atoms with Crippen molar-refractivity contribution in [2.75, 3.05) is 11.9 Å². The van der Waals surface area contributed by atoms with Crippen molar-refractivity contribution in [2.24, 2.45) is 0 Å². The molecule has 1 N–H and O–H groups in total. The predicted molar refractivity (Wildman–Crippen MR) is 61.0 cm³/mol. The molecule has 1 fully saturated rings. The van der Waals surface area contributed by atoms with E-state index in [4.69, 9.17) is 0 Å². The Morgan fingerprint density at radius 2 is 2.15 bits per heavy atom. The number of hydrogen-bond donors (Lipinski definition) is 1. The largest absolute Gasteiger partial charge is 0.370 e. The normalized spacial score (nSPS) is 22.2. The van der Waals surface area contributed by atoms with Crippen LogP contribution in [0.15, 0.2) is 12.1 Å². The monoisotopic (exact) mass is 286 g/mol. The molecule has 0 radical (unpaired) electrons. The third kappa shape index (κ3) is 1.16. The fourth-order valence-electron chi connectivity index (χ4n) is 2.22. The minimum atomic E-state index is 0.526. The van der Waals surface area contributed by atoms with Crippen LogP contribution in [0, 0.1) is 3.70 Å². The number of pyridine rings is 1. The molecule has 3 heteroatoms. The van der Waals surface area contributed by atoms with Crippen LogP contribution >= 0.6 is 22.6 Å². The molecular formula is C10H11IN2. The molecule has 1 aliphatic heterocycles. The summed E-state index contributed by atoms with van der Waals surface area (Å²) in [5.74, 6) is 1.13. The van der Waals surface area contributed by atoms with Crippen LogP contribution in [0.4, 0.5) is 5.82 Å². The first-order valence-corrected chi connectivity index (χ1v) is 5.79. The molecule has 3 rings (SSSR count). The lowest BCUT2D eigenvalue weighted by Gasteiger charge is -2.25. The van der Waals surface area contributed by atoms with E-state index >= 15 is 0 Å². The lowest BCUT2D eigenvalue weighted by atomic mass is 9.90. The van der Waals surface area contributed by atoms with Crippen molar-refractivity contribution < 1.29 is 0 Å². The van der Waals surface area contributed by atoms with Crippen LogP contribution in [0.25, 0.3) is 0 Å². The SMILES string of the molecule is Ic1ccc2c(n1)NCCC21CC1. The summed E-state index contributed by atoms with van der Waals surface area (Å²) in [5, 5.41) is 3.38. The third-order valence-electron chi connectivity index (χ3n) is 3.18. The van der Waals surface area contributed by atoms with Crippen LogP contribution in [0.2, 0.25) is 0 Å². The second-order valence-corrected chi connectivity index (χ2v) is 5.09. The third-order valence-corrected chi connectivity index (χ3v) is 3.78. The smallest absolute Gasteiger partial charge is 0.130 e. The highest BCUT2D eigenvalue weighted by Gasteiger charge is 2.47. The zero-order chi connectivity index (χ0) is 8.89. The van der Waals surface area contributed by atoms with Gasteiger partial charge in [0.25, 0.3) is 0 Å². The maximum Gasteiger partial charge on any atom is 0.130 e. The van der Waals surface area contributed by atoms with E-state index in [0.29, 0.717) is 5.41 Å². The minimum Gasteiger partial charge on any atom is -0.370 e. The van der Waals surface area contributed by atoms with Gasteiger partial charge in [-0.25, -0.2) is 4.98 Å². The van der Waals surface area contributed by atoms with E-state index in [0.717, 1.165) is 16.1 Å². The Balaban J connectivity index is 2.15. The molecule has 0 aromatic carbocycles. The molecule has 0 atom stereocenters. The summed E-state index contributed by atoms with van der Waals surface area (Å²) in [4.78, 5) is 4.52. The van der Waals surface area contributed by atoms with Crippen molar-refractivity contribution in [1.29, 1.82) is 0 Å². The summed E-state index contributed by atoms with van der Waals surface area (Å²) in [6.07, 6.45) is 4.02. The molecule has 1 aliphatic carbocycles. The van der Waals surface area contributed by atoms with Crippen LogP contribution in [-0.4, -0.2) is 11.5 Å². The van der Waals surface area contributed by atoms with Crippen LogP contribution in [0.1, 0.15) is 24.8 Å². The second-order valence-electron chi connectivity index (χ2n) is 3.99. The zero-order valence-corrected chi connectivity index (χ0v) is 9.47. The molecule has 68 valence electrons. The van der Waals surface area contributed by atoms with Gasteiger partial charge < -0.3 is 5.32 Å². The standard InChI is InChI=1S/C10H11IN2/c11-8-2-1-7-9(13-8)12-6-5-10(7)3-4-10/h1-2H,3-6H2,(H,12,13). The number of rotatable bonds is 0. The van der Waals surface area contributed by atoms with Gasteiger partial charge in [-0.1, -0.05) is 6.07 Å². The Bertz CT molecular complexity index is 358. The fourth-order valence-corrected chi connectivity index (χ4v) is 2.64. The van der Waals surface area contributed by atoms with Crippen molar-refractivity contribution in [3.63, 3.8) is 0 Å². The highest BCUT2D eigenvalue weighted by molar-refractivity contribution is 14.1. The molecule has 1 saturated carbocycles. The van der Waals surface area contributed by atoms with E-state index < -0.39 is 0 Å². The molecule has 2 aliphatic rings.